The van der Waals surface area contributed by atoms with Gasteiger partial charge in [-0.25, -0.2) is 0 Å². The molecule has 2 N–H and O–H groups in total. The van der Waals surface area contributed by atoms with Gasteiger partial charge in [0, 0.05) is 12.6 Å². The first-order chi connectivity index (χ1) is 7.92. The lowest BCUT2D eigenvalue weighted by Gasteiger charge is -2.27. The predicted octanol–water partition coefficient (Wildman–Crippen LogP) is 1.82. The quantitative estimate of drug-likeness (QED) is 0.768. The monoisotopic (exact) mass is 237 g/mol. The third kappa shape index (κ3) is 4.44. The lowest BCUT2D eigenvalue weighted by atomic mass is 9.92. The number of carbonyl (C=O) groups excluding carboxylic acids is 1. The van der Waals surface area contributed by atoms with Crippen LogP contribution in [0.4, 0.5) is 0 Å². The van der Waals surface area contributed by atoms with Gasteiger partial charge in [-0.15, -0.1) is 0 Å². The van der Waals surface area contributed by atoms with E-state index in [1.807, 2.05) is 13.8 Å². The molecule has 1 rings (SSSR count). The van der Waals surface area contributed by atoms with Crippen molar-refractivity contribution in [1.29, 1.82) is 0 Å². The highest BCUT2D eigenvalue weighted by Crippen LogP contribution is 2.14. The molecule has 0 unspecified atom stereocenters. The summed E-state index contributed by atoms with van der Waals surface area (Å²) in [4.78, 5) is 11.5. The summed E-state index contributed by atoms with van der Waals surface area (Å²) >= 11 is 0. The van der Waals surface area contributed by atoms with E-state index in [1.54, 1.807) is 31.4 Å². The van der Waals surface area contributed by atoms with Crippen molar-refractivity contribution in [2.24, 2.45) is 5.92 Å². The van der Waals surface area contributed by atoms with Crippen LogP contribution in [0, 0.1) is 5.92 Å². The maximum absolute atomic E-state index is 11.5. The second kappa shape index (κ2) is 5.68. The molecule has 0 aliphatic carbocycles. The zero-order valence-electron chi connectivity index (χ0n) is 10.4. The van der Waals surface area contributed by atoms with Gasteiger partial charge in [-0.05, 0) is 31.1 Å². The molecular formula is C13H19NO3. The third-order valence-corrected chi connectivity index (χ3v) is 2.81. The van der Waals surface area contributed by atoms with Crippen molar-refractivity contribution in [3.05, 3.63) is 30.2 Å². The Kier molecular flexibility index (Phi) is 4.52. The van der Waals surface area contributed by atoms with E-state index < -0.39 is 5.60 Å². The Morgan fingerprint density at radius 1 is 1.65 bits per heavy atom. The van der Waals surface area contributed by atoms with Gasteiger partial charge in [0.2, 0.25) is 5.91 Å². The summed E-state index contributed by atoms with van der Waals surface area (Å²) in [5.74, 6) is 0.454. The van der Waals surface area contributed by atoms with Crippen molar-refractivity contribution in [1.82, 2.24) is 5.32 Å². The van der Waals surface area contributed by atoms with Gasteiger partial charge in [0.1, 0.15) is 5.76 Å². The molecule has 0 aromatic carbocycles. The van der Waals surface area contributed by atoms with E-state index in [0.29, 0.717) is 5.76 Å². The van der Waals surface area contributed by atoms with Crippen molar-refractivity contribution < 1.29 is 14.3 Å². The van der Waals surface area contributed by atoms with Crippen molar-refractivity contribution in [3.8, 4) is 0 Å². The molecule has 0 saturated heterocycles. The van der Waals surface area contributed by atoms with Crippen LogP contribution in [0.15, 0.2) is 28.9 Å². The van der Waals surface area contributed by atoms with Crippen LogP contribution in [0.3, 0.4) is 0 Å². The van der Waals surface area contributed by atoms with E-state index >= 15 is 0 Å². The van der Waals surface area contributed by atoms with Gasteiger partial charge < -0.3 is 14.8 Å². The molecule has 1 aromatic rings. The number of hydrogen-bond donors (Lipinski definition) is 2. The maximum Gasteiger partial charge on any atom is 0.244 e. The highest BCUT2D eigenvalue weighted by atomic mass is 16.3. The Hall–Kier alpha value is -1.55. The molecule has 94 valence electrons. The summed E-state index contributed by atoms with van der Waals surface area (Å²) in [6.45, 7) is 5.75. The lowest BCUT2D eigenvalue weighted by Crippen LogP contribution is -2.43. The highest BCUT2D eigenvalue weighted by Gasteiger charge is 2.24. The molecule has 4 heteroatoms. The van der Waals surface area contributed by atoms with Crippen LogP contribution < -0.4 is 5.32 Å². The predicted molar refractivity (Wildman–Crippen MR) is 66.2 cm³/mol. The van der Waals surface area contributed by atoms with Crippen molar-refractivity contribution >= 4 is 12.0 Å². The second-order valence-electron chi connectivity index (χ2n) is 4.58. The fraction of sp³-hybridized carbons (Fsp3) is 0.462. The van der Waals surface area contributed by atoms with Crippen LogP contribution in [-0.4, -0.2) is 23.2 Å². The van der Waals surface area contributed by atoms with Gasteiger partial charge in [-0.2, -0.15) is 0 Å². The Balaban J connectivity index is 2.41. The second-order valence-corrected chi connectivity index (χ2v) is 4.58. The molecule has 0 aliphatic rings. The van der Waals surface area contributed by atoms with Gasteiger partial charge in [-0.1, -0.05) is 13.8 Å². The molecule has 0 radical (unpaired) electrons. The molecule has 1 heterocycles. The number of furan rings is 1. The molecule has 1 atom stereocenters. The summed E-state index contributed by atoms with van der Waals surface area (Å²) in [6.07, 6.45) is 4.51. The minimum absolute atomic E-state index is 0.0804. The molecule has 0 spiro atoms. The van der Waals surface area contributed by atoms with Crippen LogP contribution in [0.2, 0.25) is 0 Å². The summed E-state index contributed by atoms with van der Waals surface area (Å²) in [5, 5.41) is 12.6. The molecule has 0 aliphatic heterocycles. The summed E-state index contributed by atoms with van der Waals surface area (Å²) in [7, 11) is 0. The average molecular weight is 237 g/mol. The number of aliphatic hydroxyl groups is 1. The molecule has 4 nitrogen and oxygen atoms in total. The van der Waals surface area contributed by atoms with E-state index in [2.05, 4.69) is 5.32 Å². The summed E-state index contributed by atoms with van der Waals surface area (Å²) in [5.41, 5.74) is -0.895. The molecule has 17 heavy (non-hydrogen) atoms. The fourth-order valence-electron chi connectivity index (χ4n) is 1.07. The van der Waals surface area contributed by atoms with Crippen LogP contribution in [0.25, 0.3) is 6.08 Å². The number of nitrogens with one attached hydrogen (secondary N) is 1. The van der Waals surface area contributed by atoms with Crippen molar-refractivity contribution in [2.45, 2.75) is 26.4 Å². The van der Waals surface area contributed by atoms with E-state index in [9.17, 15) is 9.90 Å². The molecule has 1 amide bonds. The Morgan fingerprint density at radius 2 is 2.35 bits per heavy atom. The number of hydrogen-bond acceptors (Lipinski definition) is 3. The third-order valence-electron chi connectivity index (χ3n) is 2.81. The zero-order chi connectivity index (χ0) is 12.9. The van der Waals surface area contributed by atoms with Gasteiger partial charge in [0.05, 0.1) is 11.9 Å². The first-order valence-corrected chi connectivity index (χ1v) is 5.63. The van der Waals surface area contributed by atoms with Crippen molar-refractivity contribution in [3.63, 3.8) is 0 Å². The first-order valence-electron chi connectivity index (χ1n) is 5.63. The Bertz CT molecular complexity index is 377. The average Bonchev–Trinajstić information content (AvgIpc) is 2.76. The van der Waals surface area contributed by atoms with Gasteiger partial charge in [0.25, 0.3) is 0 Å². The van der Waals surface area contributed by atoms with Crippen LogP contribution >= 0.6 is 0 Å². The minimum Gasteiger partial charge on any atom is -0.465 e. The van der Waals surface area contributed by atoms with Gasteiger partial charge in [-0.3, -0.25) is 4.79 Å². The van der Waals surface area contributed by atoms with E-state index in [-0.39, 0.29) is 18.4 Å². The lowest BCUT2D eigenvalue weighted by molar-refractivity contribution is -0.118. The van der Waals surface area contributed by atoms with E-state index in [0.717, 1.165) is 0 Å². The number of amides is 1. The maximum atomic E-state index is 11.5. The molecule has 1 aromatic heterocycles. The highest BCUT2D eigenvalue weighted by molar-refractivity contribution is 5.91. The molecule has 0 bridgehead atoms. The zero-order valence-corrected chi connectivity index (χ0v) is 10.4. The van der Waals surface area contributed by atoms with Crippen LogP contribution in [-0.2, 0) is 4.79 Å². The summed E-state index contributed by atoms with van der Waals surface area (Å²) in [6, 6.07) is 3.51. The largest absolute Gasteiger partial charge is 0.465 e. The molecule has 0 fully saturated rings. The van der Waals surface area contributed by atoms with Crippen LogP contribution in [0.5, 0.6) is 0 Å². The molecule has 0 saturated carbocycles. The standard InChI is InChI=1S/C13H19NO3/c1-10(2)13(3,16)9-14-12(15)7-6-11-5-4-8-17-11/h4-8,10,16H,9H2,1-3H3,(H,14,15)/b7-6-/t13-/m1/s1. The van der Waals surface area contributed by atoms with E-state index in [4.69, 9.17) is 4.42 Å². The fourth-order valence-corrected chi connectivity index (χ4v) is 1.07. The molecular weight excluding hydrogens is 218 g/mol. The normalized spacial score (nSPS) is 15.1. The summed E-state index contributed by atoms with van der Waals surface area (Å²) < 4.78 is 5.05. The number of carbonyl (C=O) groups is 1. The topological polar surface area (TPSA) is 62.5 Å². The van der Waals surface area contributed by atoms with Gasteiger partial charge in [0.15, 0.2) is 0 Å². The van der Waals surface area contributed by atoms with Gasteiger partial charge >= 0.3 is 0 Å². The van der Waals surface area contributed by atoms with E-state index in [1.165, 1.54) is 6.08 Å². The Morgan fingerprint density at radius 3 is 2.88 bits per heavy atom. The van der Waals surface area contributed by atoms with Crippen molar-refractivity contribution in [2.75, 3.05) is 6.54 Å². The Labute approximate surface area is 101 Å². The van der Waals surface area contributed by atoms with Crippen LogP contribution in [0.1, 0.15) is 26.5 Å². The SMILES string of the molecule is CC(C)[C@](C)(O)CNC(=O)/C=C\c1ccco1. The minimum atomic E-state index is -0.895. The smallest absolute Gasteiger partial charge is 0.244 e. The number of rotatable bonds is 5. The first kappa shape index (κ1) is 13.5.